The largest absolute Gasteiger partial charge is 1.00 e. The van der Waals surface area contributed by atoms with Gasteiger partial charge >= 0.3 is 18.9 Å². The molecule has 1 aliphatic rings. The fourth-order valence-electron chi connectivity index (χ4n) is 1.10. The average Bonchev–Trinajstić information content (AvgIpc) is 1.69. The third-order valence-corrected chi connectivity index (χ3v) is 2.18. The number of rotatable bonds is 0. The summed E-state index contributed by atoms with van der Waals surface area (Å²) >= 11 is 0. The van der Waals surface area contributed by atoms with Crippen LogP contribution in [0, 0.1) is 0 Å². The van der Waals surface area contributed by atoms with Gasteiger partial charge in [0.15, 0.2) is 0 Å². The summed E-state index contributed by atoms with van der Waals surface area (Å²) in [7, 11) is 3.63. The second-order valence-electron chi connectivity index (χ2n) is 2.33. The minimum atomic E-state index is 0. The molecule has 8 heavy (non-hydrogen) atoms. The maximum atomic E-state index is 3.63. The summed E-state index contributed by atoms with van der Waals surface area (Å²) < 4.78 is 0. The molecule has 0 saturated heterocycles. The van der Waals surface area contributed by atoms with E-state index in [0.717, 1.165) is 5.66 Å². The van der Waals surface area contributed by atoms with E-state index in [4.69, 9.17) is 0 Å². The molecule has 0 aromatic carbocycles. The van der Waals surface area contributed by atoms with Crippen molar-refractivity contribution in [3.63, 3.8) is 0 Å². The van der Waals surface area contributed by atoms with Crippen molar-refractivity contribution in [1.29, 1.82) is 0 Å². The van der Waals surface area contributed by atoms with Crippen molar-refractivity contribution in [2.24, 2.45) is 0 Å². The minimum Gasteiger partial charge on any atom is -0.555 e. The van der Waals surface area contributed by atoms with Crippen molar-refractivity contribution < 1.29 is 18.9 Å². The fraction of sp³-hybridized carbons (Fsp3) is 1.00. The summed E-state index contributed by atoms with van der Waals surface area (Å²) in [4.78, 5) is 0. The Morgan fingerprint density at radius 3 is 1.75 bits per heavy atom. The molecule has 0 aromatic heterocycles. The van der Waals surface area contributed by atoms with Gasteiger partial charge in [-0.25, -0.2) is 0 Å². The van der Waals surface area contributed by atoms with Gasteiger partial charge in [-0.2, -0.15) is 5.66 Å². The molecule has 2 heteroatoms. The van der Waals surface area contributed by atoms with E-state index in [2.05, 4.69) is 9.24 Å². The van der Waals surface area contributed by atoms with Crippen molar-refractivity contribution in [1.82, 2.24) is 0 Å². The molecule has 1 aliphatic carbocycles. The quantitative estimate of drug-likeness (QED) is 0.299. The number of hydrogen-bond acceptors (Lipinski definition) is 0. The van der Waals surface area contributed by atoms with Gasteiger partial charge < -0.3 is 9.24 Å². The summed E-state index contributed by atoms with van der Waals surface area (Å²) in [6.45, 7) is 0. The zero-order valence-corrected chi connectivity index (χ0v) is 6.61. The maximum Gasteiger partial charge on any atom is 1.00 e. The van der Waals surface area contributed by atoms with Gasteiger partial charge in [-0.1, -0.05) is 32.1 Å². The molecule has 0 heterocycles. The first-order valence-electron chi connectivity index (χ1n) is 3.11. The maximum absolute atomic E-state index is 3.63. The van der Waals surface area contributed by atoms with Gasteiger partial charge in [0, 0.05) is 0 Å². The van der Waals surface area contributed by atoms with E-state index in [0.29, 0.717) is 0 Å². The molecule has 1 rings (SSSR count). The molecule has 42 valence electrons. The summed E-state index contributed by atoms with van der Waals surface area (Å²) in [5.41, 5.74) is 0.841. The van der Waals surface area contributed by atoms with Crippen LogP contribution in [0.5, 0.6) is 0 Å². The average molecular weight is 122 g/mol. The first-order chi connectivity index (χ1) is 3.39. The minimum absolute atomic E-state index is 0. The van der Waals surface area contributed by atoms with Crippen LogP contribution in [0.2, 0.25) is 0 Å². The SMILES string of the molecule is [Li+].[PH-]C1CCCCC1. The van der Waals surface area contributed by atoms with Crippen LogP contribution in [-0.2, 0) is 0 Å². The van der Waals surface area contributed by atoms with Gasteiger partial charge in [0.2, 0.25) is 0 Å². The van der Waals surface area contributed by atoms with E-state index in [1.54, 1.807) is 0 Å². The standard InChI is InChI=1S/C6H12P.Li/c7-6-4-2-1-3-5-6;/h6-7H,1-5H2;/q-1;+1. The van der Waals surface area contributed by atoms with Gasteiger partial charge in [-0.05, 0) is 0 Å². The van der Waals surface area contributed by atoms with E-state index in [1.165, 1.54) is 32.1 Å². The van der Waals surface area contributed by atoms with Crippen LogP contribution >= 0.6 is 9.24 Å². The molecule has 0 bridgehead atoms. The Labute approximate surface area is 66.2 Å². The topological polar surface area (TPSA) is 0 Å². The normalized spacial score (nSPS) is 22.1. The fourth-order valence-corrected chi connectivity index (χ4v) is 1.51. The van der Waals surface area contributed by atoms with E-state index in [1.807, 2.05) is 0 Å². The molecule has 0 aliphatic heterocycles. The van der Waals surface area contributed by atoms with E-state index in [-0.39, 0.29) is 18.9 Å². The zero-order chi connectivity index (χ0) is 5.11. The molecule has 0 aromatic rings. The van der Waals surface area contributed by atoms with E-state index >= 15 is 0 Å². The van der Waals surface area contributed by atoms with Crippen LogP contribution < -0.4 is 18.9 Å². The molecule has 1 saturated carbocycles. The second-order valence-corrected chi connectivity index (χ2v) is 3.15. The zero-order valence-electron chi connectivity index (χ0n) is 5.61. The molecular formula is C6H12LiP. The van der Waals surface area contributed by atoms with Crippen molar-refractivity contribution in [3.05, 3.63) is 0 Å². The van der Waals surface area contributed by atoms with Gasteiger partial charge in [0.1, 0.15) is 0 Å². The predicted octanol–water partition coefficient (Wildman–Crippen LogP) is -0.534. The molecule has 0 nitrogen and oxygen atoms in total. The molecule has 0 amide bonds. The first-order valence-corrected chi connectivity index (χ1v) is 3.68. The van der Waals surface area contributed by atoms with Crippen LogP contribution in [0.4, 0.5) is 0 Å². The monoisotopic (exact) mass is 122 g/mol. The van der Waals surface area contributed by atoms with Crippen LogP contribution in [-0.4, -0.2) is 5.66 Å². The Balaban J connectivity index is 0.000000490. The summed E-state index contributed by atoms with van der Waals surface area (Å²) in [6, 6.07) is 0. The predicted molar refractivity (Wildman–Crippen MR) is 35.2 cm³/mol. The van der Waals surface area contributed by atoms with Gasteiger partial charge in [-0.15, -0.1) is 0 Å². The van der Waals surface area contributed by atoms with Gasteiger partial charge in [-0.3, -0.25) is 0 Å². The van der Waals surface area contributed by atoms with Crippen molar-refractivity contribution in [2.75, 3.05) is 0 Å². The van der Waals surface area contributed by atoms with Crippen LogP contribution in [0.3, 0.4) is 0 Å². The molecule has 0 atom stereocenters. The Morgan fingerprint density at radius 1 is 1.00 bits per heavy atom. The van der Waals surface area contributed by atoms with E-state index < -0.39 is 0 Å². The molecular weight excluding hydrogens is 110 g/mol. The molecule has 0 N–H and O–H groups in total. The first kappa shape index (κ1) is 9.03. The van der Waals surface area contributed by atoms with Crippen LogP contribution in [0.15, 0.2) is 0 Å². The Morgan fingerprint density at radius 2 is 1.50 bits per heavy atom. The third kappa shape index (κ3) is 3.13. The smallest absolute Gasteiger partial charge is 0.555 e. The second kappa shape index (κ2) is 4.86. The van der Waals surface area contributed by atoms with Crippen LogP contribution in [0.25, 0.3) is 0 Å². The van der Waals surface area contributed by atoms with Gasteiger partial charge in [0.05, 0.1) is 0 Å². The van der Waals surface area contributed by atoms with Crippen LogP contribution in [0.1, 0.15) is 32.1 Å². The Bertz CT molecular complexity index is 50.5. The summed E-state index contributed by atoms with van der Waals surface area (Å²) in [5.74, 6) is 0. The van der Waals surface area contributed by atoms with Crippen molar-refractivity contribution in [2.45, 2.75) is 37.8 Å². The van der Waals surface area contributed by atoms with E-state index in [9.17, 15) is 0 Å². The summed E-state index contributed by atoms with van der Waals surface area (Å²) in [6.07, 6.45) is 7.14. The Kier molecular flexibility index (Phi) is 5.49. The number of hydrogen-bond donors (Lipinski definition) is 0. The van der Waals surface area contributed by atoms with Crippen molar-refractivity contribution >= 4 is 9.24 Å². The Hall–Kier alpha value is 1.03. The molecule has 0 unspecified atom stereocenters. The van der Waals surface area contributed by atoms with Crippen molar-refractivity contribution in [3.8, 4) is 0 Å². The molecule has 0 radical (unpaired) electrons. The molecule has 0 spiro atoms. The molecule has 1 fully saturated rings. The third-order valence-electron chi connectivity index (χ3n) is 1.61. The summed E-state index contributed by atoms with van der Waals surface area (Å²) in [5, 5.41) is 0. The van der Waals surface area contributed by atoms with Gasteiger partial charge in [0.25, 0.3) is 0 Å².